The molecule has 0 amide bonds. The monoisotopic (exact) mass is 294 g/mol. The SMILES string of the molecule is COc1cc2nc(NCCSC)nc(N)c2cc1OC. The predicted octanol–water partition coefficient (Wildman–Crippen LogP) is 2.00. The molecule has 1 aromatic carbocycles. The van der Waals surface area contributed by atoms with Crippen LogP contribution in [0.3, 0.4) is 0 Å². The first-order chi connectivity index (χ1) is 9.69. The highest BCUT2D eigenvalue weighted by atomic mass is 32.2. The molecule has 108 valence electrons. The number of nitrogen functional groups attached to an aromatic ring is 1. The van der Waals surface area contributed by atoms with E-state index in [9.17, 15) is 0 Å². The van der Waals surface area contributed by atoms with E-state index in [1.54, 1.807) is 38.1 Å². The first-order valence-electron chi connectivity index (χ1n) is 6.11. The summed E-state index contributed by atoms with van der Waals surface area (Å²) in [5, 5.41) is 3.90. The lowest BCUT2D eigenvalue weighted by atomic mass is 10.2. The van der Waals surface area contributed by atoms with Gasteiger partial charge in [0.05, 0.1) is 19.7 Å². The van der Waals surface area contributed by atoms with Crippen molar-refractivity contribution in [2.45, 2.75) is 0 Å². The van der Waals surface area contributed by atoms with Crippen LogP contribution in [0.15, 0.2) is 12.1 Å². The minimum atomic E-state index is 0.419. The highest BCUT2D eigenvalue weighted by Crippen LogP contribution is 2.33. The van der Waals surface area contributed by atoms with Gasteiger partial charge in [0, 0.05) is 23.8 Å². The third-order valence-corrected chi connectivity index (χ3v) is 3.43. The number of rotatable bonds is 6. The lowest BCUT2D eigenvalue weighted by Crippen LogP contribution is -2.09. The maximum atomic E-state index is 5.98. The van der Waals surface area contributed by atoms with E-state index in [0.29, 0.717) is 23.3 Å². The van der Waals surface area contributed by atoms with Gasteiger partial charge in [0.2, 0.25) is 5.95 Å². The standard InChI is InChI=1S/C13H18N4O2S/c1-18-10-6-8-9(7-11(10)19-2)16-13(17-12(8)14)15-4-5-20-3/h6-7H,4-5H2,1-3H3,(H3,14,15,16,17). The maximum Gasteiger partial charge on any atom is 0.225 e. The van der Waals surface area contributed by atoms with Gasteiger partial charge in [-0.2, -0.15) is 16.7 Å². The van der Waals surface area contributed by atoms with Crippen molar-refractivity contribution in [3.05, 3.63) is 12.1 Å². The topological polar surface area (TPSA) is 82.3 Å². The lowest BCUT2D eigenvalue weighted by molar-refractivity contribution is 0.356. The van der Waals surface area contributed by atoms with Gasteiger partial charge in [0.15, 0.2) is 11.5 Å². The molecule has 0 radical (unpaired) electrons. The predicted molar refractivity (Wildman–Crippen MR) is 83.9 cm³/mol. The molecule has 6 nitrogen and oxygen atoms in total. The molecule has 0 bridgehead atoms. The fourth-order valence-corrected chi connectivity index (χ4v) is 2.13. The Balaban J connectivity index is 2.42. The Bertz CT molecular complexity index is 606. The van der Waals surface area contributed by atoms with E-state index < -0.39 is 0 Å². The Kier molecular flexibility index (Phi) is 4.73. The summed E-state index contributed by atoms with van der Waals surface area (Å²) in [5.41, 5.74) is 6.71. The number of nitrogens with one attached hydrogen (secondary N) is 1. The van der Waals surface area contributed by atoms with Gasteiger partial charge in [-0.05, 0) is 12.3 Å². The minimum absolute atomic E-state index is 0.419. The number of hydrogen-bond donors (Lipinski definition) is 2. The second kappa shape index (κ2) is 6.51. The van der Waals surface area contributed by atoms with Crippen LogP contribution in [0.4, 0.5) is 11.8 Å². The van der Waals surface area contributed by atoms with Crippen LogP contribution in [0.25, 0.3) is 10.9 Å². The molecule has 0 saturated heterocycles. The van der Waals surface area contributed by atoms with Crippen LogP contribution in [0.1, 0.15) is 0 Å². The summed E-state index contributed by atoms with van der Waals surface area (Å²) < 4.78 is 10.5. The van der Waals surface area contributed by atoms with E-state index in [2.05, 4.69) is 21.5 Å². The molecular weight excluding hydrogens is 276 g/mol. The largest absolute Gasteiger partial charge is 0.493 e. The van der Waals surface area contributed by atoms with E-state index >= 15 is 0 Å². The smallest absolute Gasteiger partial charge is 0.225 e. The second-order valence-corrected chi connectivity index (χ2v) is 5.06. The number of anilines is 2. The molecular formula is C13H18N4O2S. The van der Waals surface area contributed by atoms with Crippen LogP contribution < -0.4 is 20.5 Å². The molecule has 1 aromatic heterocycles. The highest BCUT2D eigenvalue weighted by molar-refractivity contribution is 7.98. The van der Waals surface area contributed by atoms with Crippen LogP contribution >= 0.6 is 11.8 Å². The maximum absolute atomic E-state index is 5.98. The molecule has 0 aliphatic carbocycles. The van der Waals surface area contributed by atoms with E-state index in [0.717, 1.165) is 23.2 Å². The van der Waals surface area contributed by atoms with Crippen molar-refractivity contribution in [3.63, 3.8) is 0 Å². The van der Waals surface area contributed by atoms with Gasteiger partial charge in [-0.25, -0.2) is 4.98 Å². The summed E-state index contributed by atoms with van der Waals surface area (Å²) in [7, 11) is 3.17. The van der Waals surface area contributed by atoms with Crippen LogP contribution in [0.5, 0.6) is 11.5 Å². The molecule has 2 aromatic rings. The molecule has 3 N–H and O–H groups in total. The van der Waals surface area contributed by atoms with Gasteiger partial charge >= 0.3 is 0 Å². The fourth-order valence-electron chi connectivity index (χ4n) is 1.82. The summed E-state index contributed by atoms with van der Waals surface area (Å²) in [5.74, 6) is 3.15. The van der Waals surface area contributed by atoms with Gasteiger partial charge in [-0.15, -0.1) is 0 Å². The van der Waals surface area contributed by atoms with Crippen molar-refractivity contribution >= 4 is 34.4 Å². The van der Waals surface area contributed by atoms with Crippen LogP contribution in [0.2, 0.25) is 0 Å². The Hall–Kier alpha value is -1.89. The van der Waals surface area contributed by atoms with E-state index in [-0.39, 0.29) is 0 Å². The molecule has 0 unspecified atom stereocenters. The van der Waals surface area contributed by atoms with E-state index in [1.165, 1.54) is 0 Å². The van der Waals surface area contributed by atoms with Crippen molar-refractivity contribution in [2.75, 3.05) is 43.8 Å². The fraction of sp³-hybridized carbons (Fsp3) is 0.385. The Morgan fingerprint density at radius 3 is 2.55 bits per heavy atom. The Morgan fingerprint density at radius 2 is 1.90 bits per heavy atom. The van der Waals surface area contributed by atoms with Crippen LogP contribution in [0, 0.1) is 0 Å². The van der Waals surface area contributed by atoms with Crippen molar-refractivity contribution < 1.29 is 9.47 Å². The summed E-state index contributed by atoms with van der Waals surface area (Å²) in [4.78, 5) is 8.70. The second-order valence-electron chi connectivity index (χ2n) is 4.08. The van der Waals surface area contributed by atoms with Gasteiger partial charge < -0.3 is 20.5 Å². The third kappa shape index (κ3) is 2.98. The van der Waals surface area contributed by atoms with Crippen molar-refractivity contribution in [3.8, 4) is 11.5 Å². The number of nitrogens with two attached hydrogens (primary N) is 1. The first-order valence-corrected chi connectivity index (χ1v) is 7.51. The number of ether oxygens (including phenoxy) is 2. The summed E-state index contributed by atoms with van der Waals surface area (Å²) in [6, 6.07) is 3.58. The average Bonchev–Trinajstić information content (AvgIpc) is 2.46. The molecule has 0 spiro atoms. The van der Waals surface area contributed by atoms with Crippen molar-refractivity contribution in [1.29, 1.82) is 0 Å². The van der Waals surface area contributed by atoms with Crippen LogP contribution in [-0.4, -0.2) is 42.7 Å². The van der Waals surface area contributed by atoms with E-state index in [1.807, 2.05) is 0 Å². The highest BCUT2D eigenvalue weighted by Gasteiger charge is 2.11. The Morgan fingerprint density at radius 1 is 1.20 bits per heavy atom. The first kappa shape index (κ1) is 14.5. The molecule has 0 atom stereocenters. The molecule has 0 fully saturated rings. The lowest BCUT2D eigenvalue weighted by Gasteiger charge is -2.11. The number of benzene rings is 1. The molecule has 0 saturated carbocycles. The molecule has 20 heavy (non-hydrogen) atoms. The van der Waals surface area contributed by atoms with Gasteiger partial charge in [-0.1, -0.05) is 0 Å². The number of nitrogens with zero attached hydrogens (tertiary/aromatic N) is 2. The number of thioether (sulfide) groups is 1. The summed E-state index contributed by atoms with van der Waals surface area (Å²) in [6.07, 6.45) is 2.05. The zero-order valence-electron chi connectivity index (χ0n) is 11.8. The minimum Gasteiger partial charge on any atom is -0.493 e. The number of hydrogen-bond acceptors (Lipinski definition) is 7. The van der Waals surface area contributed by atoms with Gasteiger partial charge in [-0.3, -0.25) is 0 Å². The quantitative estimate of drug-likeness (QED) is 0.788. The molecule has 0 aliphatic heterocycles. The zero-order valence-corrected chi connectivity index (χ0v) is 12.6. The van der Waals surface area contributed by atoms with Crippen LogP contribution in [-0.2, 0) is 0 Å². The number of methoxy groups -OCH3 is 2. The van der Waals surface area contributed by atoms with Gasteiger partial charge in [0.25, 0.3) is 0 Å². The van der Waals surface area contributed by atoms with Gasteiger partial charge in [0.1, 0.15) is 5.82 Å². The normalized spacial score (nSPS) is 10.6. The summed E-state index contributed by atoms with van der Waals surface area (Å²) >= 11 is 1.75. The van der Waals surface area contributed by atoms with Crippen molar-refractivity contribution in [1.82, 2.24) is 9.97 Å². The average molecular weight is 294 g/mol. The Labute approximate surface area is 122 Å². The van der Waals surface area contributed by atoms with Crippen molar-refractivity contribution in [2.24, 2.45) is 0 Å². The molecule has 7 heteroatoms. The molecule has 1 heterocycles. The zero-order chi connectivity index (χ0) is 14.5. The number of aromatic nitrogens is 2. The molecule has 2 rings (SSSR count). The number of fused-ring (bicyclic) bond motifs is 1. The molecule has 0 aliphatic rings. The third-order valence-electron chi connectivity index (χ3n) is 2.82. The summed E-state index contributed by atoms with van der Waals surface area (Å²) in [6.45, 7) is 0.791. The van der Waals surface area contributed by atoms with E-state index in [4.69, 9.17) is 15.2 Å².